The van der Waals surface area contributed by atoms with Crippen molar-refractivity contribution in [2.75, 3.05) is 0 Å². The molecule has 1 N–H and O–H groups in total. The molecule has 1 aromatic rings. The molecular weight excluding hydrogens is 200 g/mol. The van der Waals surface area contributed by atoms with Gasteiger partial charge in [-0.1, -0.05) is 19.3 Å². The molecule has 0 aromatic carbocycles. The summed E-state index contributed by atoms with van der Waals surface area (Å²) in [4.78, 5) is 0. The van der Waals surface area contributed by atoms with Crippen molar-refractivity contribution in [3.63, 3.8) is 0 Å². The molecule has 84 valence electrons. The summed E-state index contributed by atoms with van der Waals surface area (Å²) in [6.07, 6.45) is 6.39. The first-order chi connectivity index (χ1) is 7.90. The molecule has 2 heterocycles. The Morgan fingerprint density at radius 3 is 2.81 bits per heavy atom. The first kappa shape index (κ1) is 9.86. The van der Waals surface area contributed by atoms with Gasteiger partial charge < -0.3 is 5.32 Å². The van der Waals surface area contributed by atoms with E-state index in [1.54, 1.807) is 0 Å². The van der Waals surface area contributed by atoms with Crippen LogP contribution in [0.15, 0.2) is 0 Å². The minimum atomic E-state index is 0.532. The van der Waals surface area contributed by atoms with Crippen LogP contribution >= 0.6 is 0 Å². The number of fused-ring (bicyclic) bond motifs is 1. The van der Waals surface area contributed by atoms with Crippen molar-refractivity contribution < 1.29 is 0 Å². The molecule has 0 saturated heterocycles. The third-order valence-corrected chi connectivity index (χ3v) is 3.74. The van der Waals surface area contributed by atoms with Crippen molar-refractivity contribution in [2.45, 2.75) is 51.2 Å². The van der Waals surface area contributed by atoms with Crippen LogP contribution in [0.1, 0.15) is 55.1 Å². The van der Waals surface area contributed by atoms with E-state index in [4.69, 9.17) is 5.26 Å². The first-order valence-electron chi connectivity index (χ1n) is 6.11. The molecule has 0 unspecified atom stereocenters. The molecule has 0 spiro atoms. The summed E-state index contributed by atoms with van der Waals surface area (Å²) in [5.41, 5.74) is 3.02. The Balaban J connectivity index is 1.98. The van der Waals surface area contributed by atoms with E-state index in [1.807, 2.05) is 0 Å². The monoisotopic (exact) mass is 216 g/mol. The lowest BCUT2D eigenvalue weighted by atomic mass is 9.95. The summed E-state index contributed by atoms with van der Waals surface area (Å²) in [7, 11) is 0. The highest BCUT2D eigenvalue weighted by Crippen LogP contribution is 2.31. The van der Waals surface area contributed by atoms with Crippen molar-refractivity contribution in [1.82, 2.24) is 15.1 Å². The first-order valence-corrected chi connectivity index (χ1v) is 6.11. The highest BCUT2D eigenvalue weighted by molar-refractivity contribution is 5.37. The van der Waals surface area contributed by atoms with E-state index in [9.17, 15) is 0 Å². The largest absolute Gasteiger partial charge is 0.307 e. The molecule has 1 aliphatic heterocycles. The van der Waals surface area contributed by atoms with Crippen LogP contribution in [0, 0.1) is 11.3 Å². The van der Waals surface area contributed by atoms with E-state index < -0.39 is 0 Å². The van der Waals surface area contributed by atoms with E-state index in [1.165, 1.54) is 37.8 Å². The van der Waals surface area contributed by atoms with Gasteiger partial charge in [0.2, 0.25) is 0 Å². The molecule has 1 aliphatic carbocycles. The average molecular weight is 216 g/mol. The second-order valence-corrected chi connectivity index (χ2v) is 4.73. The van der Waals surface area contributed by atoms with Crippen LogP contribution in [-0.2, 0) is 13.1 Å². The van der Waals surface area contributed by atoms with Crippen molar-refractivity contribution in [3.8, 4) is 6.07 Å². The molecule has 1 aromatic heterocycles. The molecule has 4 heteroatoms. The van der Waals surface area contributed by atoms with E-state index in [0.29, 0.717) is 11.7 Å². The minimum Gasteiger partial charge on any atom is -0.307 e. The van der Waals surface area contributed by atoms with Gasteiger partial charge in [0.1, 0.15) is 6.07 Å². The van der Waals surface area contributed by atoms with Crippen LogP contribution in [0.25, 0.3) is 0 Å². The van der Waals surface area contributed by atoms with Crippen molar-refractivity contribution in [2.24, 2.45) is 0 Å². The number of nitrogens with zero attached hydrogens (tertiary/aromatic N) is 3. The van der Waals surface area contributed by atoms with E-state index in [0.717, 1.165) is 18.7 Å². The predicted molar refractivity (Wildman–Crippen MR) is 59.6 cm³/mol. The van der Waals surface area contributed by atoms with Gasteiger partial charge in [0.25, 0.3) is 0 Å². The number of nitriles is 1. The molecular formula is C12H16N4. The number of nitrogens with one attached hydrogen (secondary N) is 1. The molecule has 0 radical (unpaired) electrons. The van der Waals surface area contributed by atoms with E-state index >= 15 is 0 Å². The lowest BCUT2D eigenvalue weighted by molar-refractivity contribution is 0.321. The summed E-state index contributed by atoms with van der Waals surface area (Å²) >= 11 is 0. The fourth-order valence-electron chi connectivity index (χ4n) is 2.90. The van der Waals surface area contributed by atoms with Gasteiger partial charge in [-0.15, -0.1) is 0 Å². The third kappa shape index (κ3) is 1.43. The molecule has 0 bridgehead atoms. The van der Waals surface area contributed by atoms with Gasteiger partial charge in [0, 0.05) is 18.7 Å². The van der Waals surface area contributed by atoms with Gasteiger partial charge in [0.15, 0.2) is 5.69 Å². The second kappa shape index (κ2) is 3.91. The quantitative estimate of drug-likeness (QED) is 0.779. The number of hydrogen-bond donors (Lipinski definition) is 1. The SMILES string of the molecule is N#Cc1nn(C2CCCCC2)c2c1CNC2. The van der Waals surface area contributed by atoms with Gasteiger partial charge in [-0.2, -0.15) is 10.4 Å². The van der Waals surface area contributed by atoms with Gasteiger partial charge in [-0.25, -0.2) is 0 Å². The summed E-state index contributed by atoms with van der Waals surface area (Å²) in [6.45, 7) is 1.69. The fourth-order valence-corrected chi connectivity index (χ4v) is 2.90. The lowest BCUT2D eigenvalue weighted by Crippen LogP contribution is -2.17. The Morgan fingerprint density at radius 1 is 1.25 bits per heavy atom. The minimum absolute atomic E-state index is 0.532. The maximum atomic E-state index is 9.06. The van der Waals surface area contributed by atoms with Crippen LogP contribution in [0.2, 0.25) is 0 Å². The Kier molecular flexibility index (Phi) is 2.41. The number of aromatic nitrogens is 2. The molecule has 2 aliphatic rings. The molecule has 3 rings (SSSR count). The van der Waals surface area contributed by atoms with Crippen LogP contribution in [0.5, 0.6) is 0 Å². The fraction of sp³-hybridized carbons (Fsp3) is 0.667. The van der Waals surface area contributed by atoms with Crippen LogP contribution in [0.3, 0.4) is 0 Å². The average Bonchev–Trinajstić information content (AvgIpc) is 2.91. The van der Waals surface area contributed by atoms with Crippen molar-refractivity contribution in [1.29, 1.82) is 5.26 Å². The summed E-state index contributed by atoms with van der Waals surface area (Å²) in [6, 6.07) is 2.75. The standard InChI is InChI=1S/C12H16N4/c13-6-11-10-7-14-8-12(10)16(15-11)9-4-2-1-3-5-9/h9,14H,1-5,7-8H2. The Labute approximate surface area is 95.3 Å². The summed E-state index contributed by atoms with van der Waals surface area (Å²) < 4.78 is 2.13. The van der Waals surface area contributed by atoms with Crippen molar-refractivity contribution in [3.05, 3.63) is 17.0 Å². The number of hydrogen-bond acceptors (Lipinski definition) is 3. The zero-order valence-electron chi connectivity index (χ0n) is 9.37. The number of rotatable bonds is 1. The van der Waals surface area contributed by atoms with Crippen LogP contribution in [-0.4, -0.2) is 9.78 Å². The Bertz CT molecular complexity index is 435. The van der Waals surface area contributed by atoms with Gasteiger partial charge in [0.05, 0.1) is 11.7 Å². The Hall–Kier alpha value is -1.34. The molecule has 16 heavy (non-hydrogen) atoms. The molecule has 0 amide bonds. The molecule has 1 fully saturated rings. The molecule has 4 nitrogen and oxygen atoms in total. The van der Waals surface area contributed by atoms with E-state index in [2.05, 4.69) is 21.2 Å². The van der Waals surface area contributed by atoms with Crippen molar-refractivity contribution >= 4 is 0 Å². The second-order valence-electron chi connectivity index (χ2n) is 4.73. The molecule has 1 saturated carbocycles. The highest BCUT2D eigenvalue weighted by Gasteiger charge is 2.26. The Morgan fingerprint density at radius 2 is 2.06 bits per heavy atom. The zero-order chi connectivity index (χ0) is 11.0. The zero-order valence-corrected chi connectivity index (χ0v) is 9.37. The van der Waals surface area contributed by atoms with Gasteiger partial charge >= 0.3 is 0 Å². The summed E-state index contributed by atoms with van der Waals surface area (Å²) in [5, 5.41) is 16.9. The third-order valence-electron chi connectivity index (χ3n) is 3.74. The van der Waals surface area contributed by atoms with Gasteiger partial charge in [-0.3, -0.25) is 4.68 Å². The maximum Gasteiger partial charge on any atom is 0.167 e. The molecule has 0 atom stereocenters. The smallest absolute Gasteiger partial charge is 0.167 e. The normalized spacial score (nSPS) is 20.7. The summed E-state index contributed by atoms with van der Waals surface area (Å²) in [5.74, 6) is 0. The lowest BCUT2D eigenvalue weighted by Gasteiger charge is -2.23. The van der Waals surface area contributed by atoms with E-state index in [-0.39, 0.29) is 0 Å². The maximum absolute atomic E-state index is 9.06. The topological polar surface area (TPSA) is 53.6 Å². The van der Waals surface area contributed by atoms with Crippen LogP contribution < -0.4 is 5.32 Å². The highest BCUT2D eigenvalue weighted by atomic mass is 15.3. The van der Waals surface area contributed by atoms with Crippen LogP contribution in [0.4, 0.5) is 0 Å². The predicted octanol–water partition coefficient (Wildman–Crippen LogP) is 1.86. The van der Waals surface area contributed by atoms with Gasteiger partial charge in [-0.05, 0) is 12.8 Å².